The minimum atomic E-state index is 0.527. The highest BCUT2D eigenvalue weighted by Gasteiger charge is 2.18. The highest BCUT2D eigenvalue weighted by atomic mass is 79.9. The second-order valence-corrected chi connectivity index (χ2v) is 4.90. The van der Waals surface area contributed by atoms with Crippen LogP contribution in [0.5, 0.6) is 11.5 Å². The number of fused-ring (bicyclic) bond motifs is 1. The Morgan fingerprint density at radius 2 is 2.18 bits per heavy atom. The number of benzene rings is 1. The van der Waals surface area contributed by atoms with Gasteiger partial charge >= 0.3 is 0 Å². The molecule has 0 saturated carbocycles. The summed E-state index contributed by atoms with van der Waals surface area (Å²) in [5.74, 6) is 1.62. The van der Waals surface area contributed by atoms with Crippen molar-refractivity contribution in [2.24, 2.45) is 0 Å². The van der Waals surface area contributed by atoms with E-state index in [4.69, 9.17) is 9.47 Å². The summed E-state index contributed by atoms with van der Waals surface area (Å²) in [6.45, 7) is 3.38. The van der Waals surface area contributed by atoms with Gasteiger partial charge in [-0.25, -0.2) is 0 Å². The molecule has 0 fully saturated rings. The Kier molecular flexibility index (Phi) is 4.05. The molecule has 0 bridgehead atoms. The van der Waals surface area contributed by atoms with Gasteiger partial charge in [0.25, 0.3) is 0 Å². The normalized spacial score (nSPS) is 14.2. The van der Waals surface area contributed by atoms with E-state index in [2.05, 4.69) is 15.9 Å². The summed E-state index contributed by atoms with van der Waals surface area (Å²) in [4.78, 5) is 10.5. The highest BCUT2D eigenvalue weighted by molar-refractivity contribution is 9.10. The molecule has 0 N–H and O–H groups in total. The van der Waals surface area contributed by atoms with E-state index in [-0.39, 0.29) is 0 Å². The lowest BCUT2D eigenvalue weighted by Gasteiger charge is -2.15. The van der Waals surface area contributed by atoms with Gasteiger partial charge in [-0.05, 0) is 30.5 Å². The molecular formula is C13H15BrO3. The van der Waals surface area contributed by atoms with Crippen molar-refractivity contribution in [2.75, 3.05) is 13.2 Å². The maximum absolute atomic E-state index is 10.5. The number of hydrogen-bond donors (Lipinski definition) is 0. The molecule has 0 radical (unpaired) electrons. The third kappa shape index (κ3) is 2.63. The smallest absolute Gasteiger partial charge is 0.164 e. The zero-order valence-corrected chi connectivity index (χ0v) is 11.4. The second kappa shape index (κ2) is 5.54. The van der Waals surface area contributed by atoms with Crippen LogP contribution >= 0.6 is 15.9 Å². The first-order chi connectivity index (χ1) is 8.24. The summed E-state index contributed by atoms with van der Waals surface area (Å²) in [7, 11) is 0. The SMILES string of the molecule is Cc1c(CCC=O)c(Br)cc2c1OCCCO2. The average Bonchev–Trinajstić information content (AvgIpc) is 2.54. The van der Waals surface area contributed by atoms with E-state index in [1.807, 2.05) is 13.0 Å². The van der Waals surface area contributed by atoms with Gasteiger partial charge in [0, 0.05) is 17.3 Å². The van der Waals surface area contributed by atoms with E-state index in [1.165, 1.54) is 0 Å². The number of halogens is 1. The molecule has 92 valence electrons. The zero-order chi connectivity index (χ0) is 12.3. The first-order valence-electron chi connectivity index (χ1n) is 5.75. The molecule has 2 rings (SSSR count). The Balaban J connectivity index is 2.41. The molecule has 1 aliphatic heterocycles. The topological polar surface area (TPSA) is 35.5 Å². The van der Waals surface area contributed by atoms with Gasteiger partial charge in [-0.2, -0.15) is 0 Å². The van der Waals surface area contributed by atoms with Crippen molar-refractivity contribution in [3.05, 3.63) is 21.7 Å². The molecule has 0 unspecified atom stereocenters. The molecule has 1 aliphatic rings. The molecule has 0 saturated heterocycles. The Morgan fingerprint density at radius 3 is 2.94 bits per heavy atom. The van der Waals surface area contributed by atoms with Gasteiger partial charge < -0.3 is 14.3 Å². The predicted molar refractivity (Wildman–Crippen MR) is 68.9 cm³/mol. The number of carbonyl (C=O) groups excluding carboxylic acids is 1. The van der Waals surface area contributed by atoms with Crippen LogP contribution in [0.25, 0.3) is 0 Å². The Labute approximate surface area is 109 Å². The maximum Gasteiger partial charge on any atom is 0.164 e. The zero-order valence-electron chi connectivity index (χ0n) is 9.79. The molecule has 4 heteroatoms. The van der Waals surface area contributed by atoms with E-state index in [0.29, 0.717) is 19.6 Å². The average molecular weight is 299 g/mol. The monoisotopic (exact) mass is 298 g/mol. The first-order valence-corrected chi connectivity index (χ1v) is 6.54. The molecule has 0 aliphatic carbocycles. The molecule has 0 spiro atoms. The highest BCUT2D eigenvalue weighted by Crippen LogP contribution is 2.39. The van der Waals surface area contributed by atoms with Gasteiger partial charge in [-0.15, -0.1) is 0 Å². The summed E-state index contributed by atoms with van der Waals surface area (Å²) in [5.41, 5.74) is 2.19. The lowest BCUT2D eigenvalue weighted by molar-refractivity contribution is -0.107. The first kappa shape index (κ1) is 12.4. The number of rotatable bonds is 3. The third-order valence-electron chi connectivity index (χ3n) is 2.87. The van der Waals surface area contributed by atoms with Crippen LogP contribution < -0.4 is 9.47 Å². The summed E-state index contributed by atoms with van der Waals surface area (Å²) in [6, 6.07) is 1.94. The number of ether oxygens (including phenoxy) is 2. The van der Waals surface area contributed by atoms with E-state index in [9.17, 15) is 4.79 Å². The van der Waals surface area contributed by atoms with Crippen LogP contribution in [0, 0.1) is 6.92 Å². The standard InChI is InChI=1S/C13H15BrO3/c1-9-10(4-2-5-15)11(14)8-12-13(9)17-7-3-6-16-12/h5,8H,2-4,6-7H2,1H3. The Bertz CT molecular complexity index is 429. The van der Waals surface area contributed by atoms with Crippen molar-refractivity contribution in [1.82, 2.24) is 0 Å². The Hall–Kier alpha value is -1.03. The minimum absolute atomic E-state index is 0.527. The van der Waals surface area contributed by atoms with Gasteiger partial charge in [-0.1, -0.05) is 15.9 Å². The van der Waals surface area contributed by atoms with Gasteiger partial charge in [0.1, 0.15) is 6.29 Å². The molecule has 0 aromatic heterocycles. The van der Waals surface area contributed by atoms with Crippen molar-refractivity contribution >= 4 is 22.2 Å². The predicted octanol–water partition coefficient (Wildman–Crippen LogP) is 3.05. The quantitative estimate of drug-likeness (QED) is 0.805. The lowest BCUT2D eigenvalue weighted by atomic mass is 10.0. The van der Waals surface area contributed by atoms with Crippen LogP contribution in [0.3, 0.4) is 0 Å². The Morgan fingerprint density at radius 1 is 1.41 bits per heavy atom. The fourth-order valence-corrected chi connectivity index (χ4v) is 2.68. The van der Waals surface area contributed by atoms with Crippen LogP contribution in [0.15, 0.2) is 10.5 Å². The summed E-state index contributed by atoms with van der Waals surface area (Å²) < 4.78 is 12.4. The van der Waals surface area contributed by atoms with Crippen molar-refractivity contribution < 1.29 is 14.3 Å². The fourth-order valence-electron chi connectivity index (χ4n) is 1.98. The van der Waals surface area contributed by atoms with Crippen molar-refractivity contribution in [3.63, 3.8) is 0 Å². The van der Waals surface area contributed by atoms with Crippen LogP contribution in [0.2, 0.25) is 0 Å². The second-order valence-electron chi connectivity index (χ2n) is 4.05. The van der Waals surface area contributed by atoms with Crippen LogP contribution in [-0.2, 0) is 11.2 Å². The largest absolute Gasteiger partial charge is 0.490 e. The minimum Gasteiger partial charge on any atom is -0.490 e. The molecule has 1 aromatic carbocycles. The van der Waals surface area contributed by atoms with Crippen molar-refractivity contribution in [2.45, 2.75) is 26.2 Å². The molecule has 3 nitrogen and oxygen atoms in total. The molecule has 0 atom stereocenters. The lowest BCUT2D eigenvalue weighted by Crippen LogP contribution is -2.00. The number of carbonyl (C=O) groups is 1. The van der Waals surface area contributed by atoms with Gasteiger partial charge in [0.2, 0.25) is 0 Å². The van der Waals surface area contributed by atoms with Gasteiger partial charge in [-0.3, -0.25) is 0 Å². The molecule has 0 amide bonds. The van der Waals surface area contributed by atoms with Crippen LogP contribution in [-0.4, -0.2) is 19.5 Å². The van der Waals surface area contributed by atoms with E-state index < -0.39 is 0 Å². The molecular weight excluding hydrogens is 284 g/mol. The van der Waals surface area contributed by atoms with E-state index in [0.717, 1.165) is 46.2 Å². The summed E-state index contributed by atoms with van der Waals surface area (Å²) in [6.07, 6.45) is 3.09. The van der Waals surface area contributed by atoms with E-state index >= 15 is 0 Å². The summed E-state index contributed by atoms with van der Waals surface area (Å²) >= 11 is 3.53. The van der Waals surface area contributed by atoms with Crippen LogP contribution in [0.4, 0.5) is 0 Å². The molecule has 17 heavy (non-hydrogen) atoms. The van der Waals surface area contributed by atoms with Gasteiger partial charge in [0.05, 0.1) is 13.2 Å². The maximum atomic E-state index is 10.5. The number of aldehydes is 1. The third-order valence-corrected chi connectivity index (χ3v) is 3.58. The molecule has 1 heterocycles. The van der Waals surface area contributed by atoms with Crippen molar-refractivity contribution in [1.29, 1.82) is 0 Å². The number of hydrogen-bond acceptors (Lipinski definition) is 3. The van der Waals surface area contributed by atoms with Gasteiger partial charge in [0.15, 0.2) is 11.5 Å². The summed E-state index contributed by atoms with van der Waals surface area (Å²) in [5, 5.41) is 0. The fraction of sp³-hybridized carbons (Fsp3) is 0.462. The molecule has 1 aromatic rings. The van der Waals surface area contributed by atoms with Crippen molar-refractivity contribution in [3.8, 4) is 11.5 Å². The van der Waals surface area contributed by atoms with E-state index in [1.54, 1.807) is 0 Å². The van der Waals surface area contributed by atoms with Crippen LogP contribution in [0.1, 0.15) is 24.0 Å².